The fourth-order valence-corrected chi connectivity index (χ4v) is 2.02. The van der Waals surface area contributed by atoms with Gasteiger partial charge in [0.15, 0.2) is 0 Å². The van der Waals surface area contributed by atoms with E-state index in [1.165, 1.54) is 0 Å². The standard InChI is InChI=1S/C15H22BrNO2/c1-12(2)14(16)15(18)17(9-10-19-3)11-13-7-5-4-6-8-13/h4-8,12,14H,9-11H2,1-3H3. The average Bonchev–Trinajstić information content (AvgIpc) is 2.42. The van der Waals surface area contributed by atoms with E-state index in [4.69, 9.17) is 4.74 Å². The topological polar surface area (TPSA) is 29.5 Å². The molecule has 1 unspecified atom stereocenters. The maximum atomic E-state index is 12.4. The molecule has 0 saturated carbocycles. The molecule has 4 heteroatoms. The minimum atomic E-state index is -0.145. The Morgan fingerprint density at radius 2 is 1.95 bits per heavy atom. The van der Waals surface area contributed by atoms with Gasteiger partial charge in [0.2, 0.25) is 5.91 Å². The summed E-state index contributed by atoms with van der Waals surface area (Å²) in [5, 5.41) is 0. The van der Waals surface area contributed by atoms with E-state index in [2.05, 4.69) is 15.9 Å². The van der Waals surface area contributed by atoms with Crippen molar-refractivity contribution in [3.63, 3.8) is 0 Å². The molecule has 1 aromatic carbocycles. The quantitative estimate of drug-likeness (QED) is 0.720. The van der Waals surface area contributed by atoms with Crippen LogP contribution in [0.1, 0.15) is 19.4 Å². The van der Waals surface area contributed by atoms with Crippen molar-refractivity contribution in [1.82, 2.24) is 4.90 Å². The van der Waals surface area contributed by atoms with Crippen LogP contribution in [0.2, 0.25) is 0 Å². The van der Waals surface area contributed by atoms with Crippen molar-refractivity contribution in [2.75, 3.05) is 20.3 Å². The molecule has 0 aliphatic heterocycles. The largest absolute Gasteiger partial charge is 0.383 e. The third-order valence-corrected chi connectivity index (χ3v) is 4.36. The van der Waals surface area contributed by atoms with Crippen LogP contribution < -0.4 is 0 Å². The highest BCUT2D eigenvalue weighted by Gasteiger charge is 2.24. The second-order valence-corrected chi connectivity index (χ2v) is 5.87. The van der Waals surface area contributed by atoms with Gasteiger partial charge in [-0.1, -0.05) is 60.1 Å². The number of ether oxygens (including phenoxy) is 1. The fraction of sp³-hybridized carbons (Fsp3) is 0.533. The zero-order valence-corrected chi connectivity index (χ0v) is 13.4. The summed E-state index contributed by atoms with van der Waals surface area (Å²) in [5.41, 5.74) is 1.13. The first-order valence-corrected chi connectivity index (χ1v) is 7.43. The van der Waals surface area contributed by atoms with Crippen molar-refractivity contribution in [2.45, 2.75) is 25.2 Å². The highest BCUT2D eigenvalue weighted by atomic mass is 79.9. The molecule has 0 aromatic heterocycles. The van der Waals surface area contributed by atoms with Gasteiger partial charge in [-0.15, -0.1) is 0 Å². The van der Waals surface area contributed by atoms with Gasteiger partial charge in [0.25, 0.3) is 0 Å². The van der Waals surface area contributed by atoms with Gasteiger partial charge in [-0.2, -0.15) is 0 Å². The van der Waals surface area contributed by atoms with Crippen LogP contribution in [0.4, 0.5) is 0 Å². The number of alkyl halides is 1. The highest BCUT2D eigenvalue weighted by Crippen LogP contribution is 2.17. The number of benzene rings is 1. The van der Waals surface area contributed by atoms with E-state index in [0.29, 0.717) is 19.7 Å². The lowest BCUT2D eigenvalue weighted by molar-refractivity contribution is -0.132. The number of methoxy groups -OCH3 is 1. The van der Waals surface area contributed by atoms with E-state index in [-0.39, 0.29) is 16.7 Å². The first kappa shape index (κ1) is 16.2. The molecule has 1 atom stereocenters. The summed E-state index contributed by atoms with van der Waals surface area (Å²) in [7, 11) is 1.65. The van der Waals surface area contributed by atoms with Crippen LogP contribution >= 0.6 is 15.9 Å². The van der Waals surface area contributed by atoms with Gasteiger partial charge in [-0.05, 0) is 11.5 Å². The minimum Gasteiger partial charge on any atom is -0.383 e. The molecule has 0 bridgehead atoms. The molecule has 1 rings (SSSR count). The molecular formula is C15H22BrNO2. The lowest BCUT2D eigenvalue weighted by Gasteiger charge is -2.26. The molecule has 0 radical (unpaired) electrons. The Bertz CT molecular complexity index is 381. The van der Waals surface area contributed by atoms with Crippen LogP contribution in [0.15, 0.2) is 30.3 Å². The van der Waals surface area contributed by atoms with E-state index < -0.39 is 0 Å². The van der Waals surface area contributed by atoms with Gasteiger partial charge in [0.1, 0.15) is 0 Å². The zero-order chi connectivity index (χ0) is 14.3. The summed E-state index contributed by atoms with van der Waals surface area (Å²) in [6.45, 7) is 5.86. The SMILES string of the molecule is COCCN(Cc1ccccc1)C(=O)C(Br)C(C)C. The fourth-order valence-electron chi connectivity index (χ4n) is 1.73. The first-order valence-electron chi connectivity index (χ1n) is 6.52. The van der Waals surface area contributed by atoms with Gasteiger partial charge in [0, 0.05) is 20.2 Å². The third-order valence-electron chi connectivity index (χ3n) is 2.91. The van der Waals surface area contributed by atoms with Crippen LogP contribution in [0.25, 0.3) is 0 Å². The number of halogens is 1. The Morgan fingerprint density at radius 1 is 1.32 bits per heavy atom. The second kappa shape index (κ2) is 8.33. The average molecular weight is 328 g/mol. The molecule has 0 aliphatic carbocycles. The summed E-state index contributed by atoms with van der Waals surface area (Å²) in [4.78, 5) is 14.1. The maximum absolute atomic E-state index is 12.4. The predicted octanol–water partition coefficient (Wildman–Crippen LogP) is 3.08. The number of nitrogens with zero attached hydrogens (tertiary/aromatic N) is 1. The van der Waals surface area contributed by atoms with Crippen molar-refractivity contribution in [3.05, 3.63) is 35.9 Å². The highest BCUT2D eigenvalue weighted by molar-refractivity contribution is 9.10. The smallest absolute Gasteiger partial charge is 0.236 e. The molecule has 3 nitrogen and oxygen atoms in total. The molecule has 0 aliphatic rings. The molecule has 1 amide bonds. The van der Waals surface area contributed by atoms with E-state index >= 15 is 0 Å². The van der Waals surface area contributed by atoms with Crippen molar-refractivity contribution >= 4 is 21.8 Å². The Morgan fingerprint density at radius 3 is 2.47 bits per heavy atom. The van der Waals surface area contributed by atoms with Crippen LogP contribution in [0.3, 0.4) is 0 Å². The Balaban J connectivity index is 2.74. The molecule has 0 N–H and O–H groups in total. The summed E-state index contributed by atoms with van der Waals surface area (Å²) in [6, 6.07) is 10.0. The van der Waals surface area contributed by atoms with Crippen LogP contribution in [-0.4, -0.2) is 35.9 Å². The molecule has 0 fully saturated rings. The summed E-state index contributed by atoms with van der Waals surface area (Å²) < 4.78 is 5.09. The normalized spacial score (nSPS) is 12.5. The summed E-state index contributed by atoms with van der Waals surface area (Å²) in [6.07, 6.45) is 0. The van der Waals surface area contributed by atoms with Crippen molar-refractivity contribution in [1.29, 1.82) is 0 Å². The van der Waals surface area contributed by atoms with Gasteiger partial charge < -0.3 is 9.64 Å². The van der Waals surface area contributed by atoms with Gasteiger partial charge in [0.05, 0.1) is 11.4 Å². The second-order valence-electron chi connectivity index (χ2n) is 4.88. The summed E-state index contributed by atoms with van der Waals surface area (Å²) in [5.74, 6) is 0.393. The van der Waals surface area contributed by atoms with Crippen LogP contribution in [-0.2, 0) is 16.1 Å². The molecule has 0 saturated heterocycles. The number of hydrogen-bond acceptors (Lipinski definition) is 2. The molecule has 0 spiro atoms. The van der Waals surface area contributed by atoms with Crippen LogP contribution in [0, 0.1) is 5.92 Å². The number of hydrogen-bond donors (Lipinski definition) is 0. The minimum absolute atomic E-state index is 0.121. The number of rotatable bonds is 7. The predicted molar refractivity (Wildman–Crippen MR) is 81.3 cm³/mol. The molecule has 106 valence electrons. The molecular weight excluding hydrogens is 306 g/mol. The Labute approximate surface area is 124 Å². The van der Waals surface area contributed by atoms with E-state index in [1.54, 1.807) is 7.11 Å². The lowest BCUT2D eigenvalue weighted by Crippen LogP contribution is -2.40. The van der Waals surface area contributed by atoms with Gasteiger partial charge in [-0.25, -0.2) is 0 Å². The molecule has 1 aromatic rings. The number of carbonyl (C=O) groups is 1. The van der Waals surface area contributed by atoms with Gasteiger partial charge in [-0.3, -0.25) is 4.79 Å². The van der Waals surface area contributed by atoms with Crippen LogP contribution in [0.5, 0.6) is 0 Å². The van der Waals surface area contributed by atoms with E-state index in [0.717, 1.165) is 5.56 Å². The number of amides is 1. The maximum Gasteiger partial charge on any atom is 0.236 e. The zero-order valence-electron chi connectivity index (χ0n) is 11.8. The van der Waals surface area contributed by atoms with E-state index in [1.807, 2.05) is 49.1 Å². The monoisotopic (exact) mass is 327 g/mol. The number of carbonyl (C=O) groups excluding carboxylic acids is 1. The summed E-state index contributed by atoms with van der Waals surface area (Å²) >= 11 is 3.48. The first-order chi connectivity index (χ1) is 9.06. The van der Waals surface area contributed by atoms with E-state index in [9.17, 15) is 4.79 Å². The van der Waals surface area contributed by atoms with Crippen molar-refractivity contribution in [3.8, 4) is 0 Å². The third kappa shape index (κ3) is 5.33. The lowest BCUT2D eigenvalue weighted by atomic mass is 10.1. The van der Waals surface area contributed by atoms with Crippen molar-refractivity contribution in [2.24, 2.45) is 5.92 Å². The van der Waals surface area contributed by atoms with Gasteiger partial charge >= 0.3 is 0 Å². The molecule has 19 heavy (non-hydrogen) atoms. The Hall–Kier alpha value is -0.870. The van der Waals surface area contributed by atoms with Crippen molar-refractivity contribution < 1.29 is 9.53 Å². The molecule has 0 heterocycles. The Kier molecular flexibility index (Phi) is 7.10.